The van der Waals surface area contributed by atoms with Crippen molar-refractivity contribution in [3.63, 3.8) is 0 Å². The minimum atomic E-state index is -0.413. The maximum absolute atomic E-state index is 13.2. The molecule has 2 N–H and O–H groups in total. The maximum atomic E-state index is 13.2. The number of anilines is 1. The summed E-state index contributed by atoms with van der Waals surface area (Å²) in [5.74, 6) is 0.656. The second kappa shape index (κ2) is 9.59. The zero-order valence-corrected chi connectivity index (χ0v) is 17.7. The lowest BCUT2D eigenvalue weighted by molar-refractivity contribution is 0.0675. The smallest absolute Gasteiger partial charge is 0.319 e. The molecule has 1 atom stereocenters. The summed E-state index contributed by atoms with van der Waals surface area (Å²) in [6.45, 7) is 3.41. The topological polar surface area (TPSA) is 100 Å². The molecule has 1 unspecified atom stereocenters. The van der Waals surface area contributed by atoms with Crippen LogP contribution in [0, 0.1) is 18.7 Å². The fourth-order valence-corrected chi connectivity index (χ4v) is 3.75. The third-order valence-electron chi connectivity index (χ3n) is 5.35. The number of urea groups is 1. The van der Waals surface area contributed by atoms with E-state index in [0.717, 1.165) is 18.4 Å². The number of aryl methyl sites for hydroxylation is 1. The molecule has 0 spiro atoms. The maximum Gasteiger partial charge on any atom is 0.319 e. The predicted octanol–water partition coefficient (Wildman–Crippen LogP) is 3.86. The van der Waals surface area contributed by atoms with E-state index in [-0.39, 0.29) is 11.8 Å². The molecular weight excluding hydrogens is 413 g/mol. The van der Waals surface area contributed by atoms with Crippen LogP contribution >= 0.6 is 0 Å². The summed E-state index contributed by atoms with van der Waals surface area (Å²) >= 11 is 0. The van der Waals surface area contributed by atoms with Gasteiger partial charge in [-0.05, 0) is 68.1 Å². The summed E-state index contributed by atoms with van der Waals surface area (Å²) in [6, 6.07) is 12.4. The van der Waals surface area contributed by atoms with E-state index in [9.17, 15) is 14.0 Å². The van der Waals surface area contributed by atoms with Gasteiger partial charge in [0.15, 0.2) is 5.82 Å². The van der Waals surface area contributed by atoms with Gasteiger partial charge >= 0.3 is 6.03 Å². The van der Waals surface area contributed by atoms with Gasteiger partial charge in [0.05, 0.1) is 0 Å². The van der Waals surface area contributed by atoms with Crippen molar-refractivity contribution in [1.29, 1.82) is 0 Å². The number of amides is 3. The number of hydrogen-bond donors (Lipinski definition) is 2. The number of rotatable bonds is 5. The number of hydrogen-bond acceptors (Lipinski definition) is 5. The lowest BCUT2D eigenvalue weighted by Crippen LogP contribution is -2.44. The largest absolute Gasteiger partial charge is 0.338 e. The zero-order chi connectivity index (χ0) is 22.5. The molecule has 1 aliphatic rings. The highest BCUT2D eigenvalue weighted by Crippen LogP contribution is 2.21. The summed E-state index contributed by atoms with van der Waals surface area (Å²) < 4.78 is 18.4. The normalized spacial score (nSPS) is 15.9. The van der Waals surface area contributed by atoms with Crippen LogP contribution in [0.15, 0.2) is 53.1 Å². The molecule has 2 heterocycles. The first-order chi connectivity index (χ1) is 15.5. The van der Waals surface area contributed by atoms with Crippen LogP contribution in [0.3, 0.4) is 0 Å². The first-order valence-corrected chi connectivity index (χ1v) is 10.5. The number of piperidine rings is 1. The minimum absolute atomic E-state index is 0.0489. The highest BCUT2D eigenvalue weighted by Gasteiger charge is 2.25. The molecule has 1 aromatic heterocycles. The Kier molecular flexibility index (Phi) is 6.44. The van der Waals surface area contributed by atoms with Crippen molar-refractivity contribution in [2.24, 2.45) is 5.92 Å². The highest BCUT2D eigenvalue weighted by molar-refractivity contribution is 5.94. The van der Waals surface area contributed by atoms with E-state index in [0.29, 0.717) is 42.6 Å². The van der Waals surface area contributed by atoms with Gasteiger partial charge < -0.3 is 20.1 Å². The van der Waals surface area contributed by atoms with Crippen molar-refractivity contribution in [1.82, 2.24) is 20.4 Å². The molecule has 32 heavy (non-hydrogen) atoms. The van der Waals surface area contributed by atoms with Crippen LogP contribution in [0.25, 0.3) is 11.5 Å². The van der Waals surface area contributed by atoms with E-state index < -0.39 is 11.8 Å². The fourth-order valence-electron chi connectivity index (χ4n) is 3.75. The SMILES string of the molecule is Cc1noc(-c2ccc(C(=O)N3CCCC(CNC(=O)Nc4cccc(F)c4)C3)cc2)n1. The quantitative estimate of drug-likeness (QED) is 0.631. The molecule has 3 amide bonds. The van der Waals surface area contributed by atoms with Crippen LogP contribution in [0.1, 0.15) is 29.0 Å². The second-order valence-electron chi connectivity index (χ2n) is 7.83. The third-order valence-corrected chi connectivity index (χ3v) is 5.35. The van der Waals surface area contributed by atoms with Gasteiger partial charge in [0, 0.05) is 36.4 Å². The Morgan fingerprint density at radius 2 is 2.03 bits per heavy atom. The first-order valence-electron chi connectivity index (χ1n) is 10.5. The number of likely N-dealkylation sites (tertiary alicyclic amines) is 1. The van der Waals surface area contributed by atoms with Crippen molar-refractivity contribution >= 4 is 17.6 Å². The molecule has 0 radical (unpaired) electrons. The molecule has 9 heteroatoms. The molecule has 1 fully saturated rings. The molecule has 2 aromatic carbocycles. The van der Waals surface area contributed by atoms with Gasteiger partial charge in [0.25, 0.3) is 11.8 Å². The van der Waals surface area contributed by atoms with Crippen LogP contribution in [0.4, 0.5) is 14.9 Å². The standard InChI is InChI=1S/C23H24FN5O3/c1-15-26-21(32-28-15)17-7-9-18(10-8-17)22(30)29-11-3-4-16(14-29)13-25-23(31)27-20-6-2-5-19(24)12-20/h2,5-10,12,16H,3-4,11,13-14H2,1H3,(H2,25,27,31). The Balaban J connectivity index is 1.30. The summed E-state index contributed by atoms with van der Waals surface area (Å²) in [6.07, 6.45) is 1.78. The summed E-state index contributed by atoms with van der Waals surface area (Å²) in [7, 11) is 0. The number of benzene rings is 2. The molecule has 3 aromatic rings. The second-order valence-corrected chi connectivity index (χ2v) is 7.83. The number of aromatic nitrogens is 2. The van der Waals surface area contributed by atoms with E-state index in [4.69, 9.17) is 4.52 Å². The average molecular weight is 437 g/mol. The molecule has 0 saturated carbocycles. The number of carbonyl (C=O) groups is 2. The number of nitrogens with one attached hydrogen (secondary N) is 2. The Morgan fingerprint density at radius 3 is 2.75 bits per heavy atom. The summed E-state index contributed by atoms with van der Waals surface area (Å²) in [5, 5.41) is 9.20. The van der Waals surface area contributed by atoms with Crippen molar-refractivity contribution in [3.05, 3.63) is 65.7 Å². The van der Waals surface area contributed by atoms with Gasteiger partial charge in [-0.2, -0.15) is 4.98 Å². The Hall–Kier alpha value is -3.75. The van der Waals surface area contributed by atoms with E-state index in [2.05, 4.69) is 20.8 Å². The lowest BCUT2D eigenvalue weighted by Gasteiger charge is -2.33. The van der Waals surface area contributed by atoms with E-state index >= 15 is 0 Å². The predicted molar refractivity (Wildman–Crippen MR) is 117 cm³/mol. The van der Waals surface area contributed by atoms with Crippen LogP contribution in [0.2, 0.25) is 0 Å². The van der Waals surface area contributed by atoms with Gasteiger partial charge in [-0.1, -0.05) is 11.2 Å². The van der Waals surface area contributed by atoms with Gasteiger partial charge in [-0.25, -0.2) is 9.18 Å². The third kappa shape index (κ3) is 5.29. The van der Waals surface area contributed by atoms with Gasteiger partial charge in [-0.3, -0.25) is 4.79 Å². The highest BCUT2D eigenvalue weighted by atomic mass is 19.1. The number of nitrogens with zero attached hydrogens (tertiary/aromatic N) is 3. The summed E-state index contributed by atoms with van der Waals surface area (Å²) in [5.41, 5.74) is 1.73. The molecule has 4 rings (SSSR count). The van der Waals surface area contributed by atoms with Gasteiger partial charge in [0.1, 0.15) is 5.82 Å². The minimum Gasteiger partial charge on any atom is -0.338 e. The van der Waals surface area contributed by atoms with Crippen LogP contribution in [-0.4, -0.2) is 46.6 Å². The van der Waals surface area contributed by atoms with Crippen molar-refractivity contribution in [3.8, 4) is 11.5 Å². The number of carbonyl (C=O) groups excluding carboxylic acids is 2. The molecule has 166 valence electrons. The van der Waals surface area contributed by atoms with Crippen LogP contribution in [0.5, 0.6) is 0 Å². The fraction of sp³-hybridized carbons (Fsp3) is 0.304. The molecule has 0 aliphatic carbocycles. The molecule has 8 nitrogen and oxygen atoms in total. The summed E-state index contributed by atoms with van der Waals surface area (Å²) in [4.78, 5) is 31.1. The van der Waals surface area contributed by atoms with Gasteiger partial charge in [-0.15, -0.1) is 0 Å². The van der Waals surface area contributed by atoms with Crippen LogP contribution in [-0.2, 0) is 0 Å². The Bertz CT molecular complexity index is 1100. The molecular formula is C23H24FN5O3. The van der Waals surface area contributed by atoms with E-state index in [1.807, 2.05) is 4.90 Å². The first kappa shape index (κ1) is 21.5. The van der Waals surface area contributed by atoms with Crippen molar-refractivity contribution in [2.45, 2.75) is 19.8 Å². The molecule has 1 aliphatic heterocycles. The number of halogens is 1. The van der Waals surface area contributed by atoms with Gasteiger partial charge in [0.2, 0.25) is 0 Å². The molecule has 1 saturated heterocycles. The van der Waals surface area contributed by atoms with Crippen LogP contribution < -0.4 is 10.6 Å². The van der Waals surface area contributed by atoms with E-state index in [1.165, 1.54) is 18.2 Å². The van der Waals surface area contributed by atoms with Crippen molar-refractivity contribution in [2.75, 3.05) is 25.0 Å². The average Bonchev–Trinajstić information content (AvgIpc) is 3.24. The monoisotopic (exact) mass is 437 g/mol. The molecule has 0 bridgehead atoms. The Morgan fingerprint density at radius 1 is 1.22 bits per heavy atom. The lowest BCUT2D eigenvalue weighted by atomic mass is 9.97. The zero-order valence-electron chi connectivity index (χ0n) is 17.7. The Labute approximate surface area is 184 Å². The van der Waals surface area contributed by atoms with Crippen molar-refractivity contribution < 1.29 is 18.5 Å². The van der Waals surface area contributed by atoms with E-state index in [1.54, 1.807) is 37.3 Å².